The van der Waals surface area contributed by atoms with Crippen molar-refractivity contribution in [1.29, 1.82) is 0 Å². The average molecular weight is 351 g/mol. The normalized spacial score (nSPS) is 15.0. The first-order chi connectivity index (χ1) is 12.6. The van der Waals surface area contributed by atoms with Crippen LogP contribution >= 0.6 is 0 Å². The van der Waals surface area contributed by atoms with Gasteiger partial charge in [0.25, 0.3) is 5.91 Å². The number of aromatic hydroxyl groups is 1. The van der Waals surface area contributed by atoms with E-state index in [-0.39, 0.29) is 17.4 Å². The molecule has 2 aromatic rings. The highest BCUT2D eigenvalue weighted by Gasteiger charge is 2.24. The third kappa shape index (κ3) is 4.13. The number of rotatable bonds is 5. The number of ketones is 1. The van der Waals surface area contributed by atoms with Gasteiger partial charge in [0.15, 0.2) is 5.78 Å². The summed E-state index contributed by atoms with van der Waals surface area (Å²) in [5.74, 6) is 0.701. The number of carbonyl (C=O) groups excluding carboxylic acids is 2. The van der Waals surface area contributed by atoms with Crippen molar-refractivity contribution in [3.8, 4) is 5.75 Å². The van der Waals surface area contributed by atoms with Crippen molar-refractivity contribution in [1.82, 2.24) is 4.90 Å². The maximum absolute atomic E-state index is 12.6. The molecule has 0 atom stereocenters. The van der Waals surface area contributed by atoms with E-state index >= 15 is 0 Å². The third-order valence-electron chi connectivity index (χ3n) is 5.06. The molecule has 1 aliphatic heterocycles. The van der Waals surface area contributed by atoms with E-state index in [1.54, 1.807) is 18.2 Å². The number of amides is 1. The van der Waals surface area contributed by atoms with E-state index in [9.17, 15) is 14.7 Å². The van der Waals surface area contributed by atoms with Gasteiger partial charge < -0.3 is 10.0 Å². The van der Waals surface area contributed by atoms with Crippen LogP contribution in [0.3, 0.4) is 0 Å². The zero-order valence-corrected chi connectivity index (χ0v) is 15.1. The average Bonchev–Trinajstić information content (AvgIpc) is 2.68. The lowest BCUT2D eigenvalue weighted by atomic mass is 9.88. The van der Waals surface area contributed by atoms with Crippen molar-refractivity contribution in [3.63, 3.8) is 0 Å². The van der Waals surface area contributed by atoms with Gasteiger partial charge in [-0.15, -0.1) is 0 Å². The van der Waals surface area contributed by atoms with E-state index in [1.165, 1.54) is 11.6 Å². The Morgan fingerprint density at radius 3 is 2.35 bits per heavy atom. The van der Waals surface area contributed by atoms with Crippen molar-refractivity contribution >= 4 is 11.7 Å². The van der Waals surface area contributed by atoms with Gasteiger partial charge in [0.1, 0.15) is 5.75 Å². The summed E-state index contributed by atoms with van der Waals surface area (Å²) in [5.41, 5.74) is 2.55. The van der Waals surface area contributed by atoms with Crippen LogP contribution in [-0.2, 0) is 0 Å². The fraction of sp³-hybridized carbons (Fsp3) is 0.364. The lowest BCUT2D eigenvalue weighted by Crippen LogP contribution is -2.37. The van der Waals surface area contributed by atoms with Gasteiger partial charge in [-0.25, -0.2) is 0 Å². The van der Waals surface area contributed by atoms with Gasteiger partial charge in [-0.3, -0.25) is 9.59 Å². The first-order valence-electron chi connectivity index (χ1n) is 9.30. The van der Waals surface area contributed by atoms with Gasteiger partial charge in [-0.2, -0.15) is 0 Å². The van der Waals surface area contributed by atoms with E-state index in [4.69, 9.17) is 0 Å². The number of nitrogens with zero attached hydrogens (tertiary/aromatic N) is 1. The number of phenolic OH excluding ortho intramolecular Hbond substituents is 1. The summed E-state index contributed by atoms with van der Waals surface area (Å²) in [4.78, 5) is 26.4. The Bertz CT molecular complexity index is 774. The van der Waals surface area contributed by atoms with Crippen LogP contribution in [0.5, 0.6) is 5.75 Å². The molecule has 0 bridgehead atoms. The van der Waals surface area contributed by atoms with E-state index < -0.39 is 0 Å². The number of Topliss-reactive ketones (excluding diaryl/α,β-unsaturated/α-hetero) is 1. The van der Waals surface area contributed by atoms with Gasteiger partial charge in [0.05, 0.1) is 0 Å². The number of hydrogen-bond acceptors (Lipinski definition) is 3. The van der Waals surface area contributed by atoms with Gasteiger partial charge in [-0.1, -0.05) is 37.3 Å². The van der Waals surface area contributed by atoms with Crippen molar-refractivity contribution in [2.45, 2.75) is 38.5 Å². The zero-order valence-electron chi connectivity index (χ0n) is 15.1. The molecule has 4 nitrogen and oxygen atoms in total. The molecular formula is C22H25NO3. The first kappa shape index (κ1) is 18.2. The molecule has 26 heavy (non-hydrogen) atoms. The SMILES string of the molecule is CCCC(=O)c1ccc(C2CCN(C(=O)c3cccc(O)c3)CC2)cc1. The fourth-order valence-electron chi connectivity index (χ4n) is 3.55. The molecule has 0 radical (unpaired) electrons. The van der Waals surface area contributed by atoms with E-state index in [2.05, 4.69) is 12.1 Å². The van der Waals surface area contributed by atoms with Crippen LogP contribution in [0.2, 0.25) is 0 Å². The Morgan fingerprint density at radius 2 is 1.73 bits per heavy atom. The molecule has 1 N–H and O–H groups in total. The number of hydrogen-bond donors (Lipinski definition) is 1. The summed E-state index contributed by atoms with van der Waals surface area (Å²) >= 11 is 0. The minimum Gasteiger partial charge on any atom is -0.508 e. The lowest BCUT2D eigenvalue weighted by Gasteiger charge is -2.32. The molecular weight excluding hydrogens is 326 g/mol. The third-order valence-corrected chi connectivity index (χ3v) is 5.06. The molecule has 0 aromatic heterocycles. The molecule has 1 saturated heterocycles. The summed E-state index contributed by atoms with van der Waals surface area (Å²) in [7, 11) is 0. The van der Waals surface area contributed by atoms with E-state index in [1.807, 2.05) is 24.0 Å². The van der Waals surface area contributed by atoms with Gasteiger partial charge in [0, 0.05) is 30.6 Å². The van der Waals surface area contributed by atoms with Crippen LogP contribution in [0.15, 0.2) is 48.5 Å². The molecule has 0 spiro atoms. The molecule has 1 aliphatic rings. The molecule has 0 aliphatic carbocycles. The first-order valence-corrected chi connectivity index (χ1v) is 9.30. The molecule has 0 unspecified atom stereocenters. The Hall–Kier alpha value is -2.62. The lowest BCUT2D eigenvalue weighted by molar-refractivity contribution is 0.0712. The van der Waals surface area contributed by atoms with Crippen molar-refractivity contribution in [2.24, 2.45) is 0 Å². The number of benzene rings is 2. The van der Waals surface area contributed by atoms with Crippen LogP contribution in [0.1, 0.15) is 64.8 Å². The molecule has 1 amide bonds. The second-order valence-corrected chi connectivity index (χ2v) is 6.91. The predicted octanol–water partition coefficient (Wildman–Crippen LogP) is 4.39. The highest BCUT2D eigenvalue weighted by Crippen LogP contribution is 2.29. The van der Waals surface area contributed by atoms with Crippen molar-refractivity contribution in [3.05, 3.63) is 65.2 Å². The Kier molecular flexibility index (Phi) is 5.71. The Labute approximate surface area is 154 Å². The van der Waals surface area contributed by atoms with Gasteiger partial charge in [-0.05, 0) is 48.9 Å². The van der Waals surface area contributed by atoms with Crippen LogP contribution in [-0.4, -0.2) is 34.8 Å². The number of carbonyl (C=O) groups is 2. The summed E-state index contributed by atoms with van der Waals surface area (Å²) < 4.78 is 0. The second kappa shape index (κ2) is 8.17. The van der Waals surface area contributed by atoms with Crippen LogP contribution in [0.4, 0.5) is 0 Å². The number of piperidine rings is 1. The van der Waals surface area contributed by atoms with E-state index in [0.29, 0.717) is 31.0 Å². The molecule has 2 aromatic carbocycles. The zero-order chi connectivity index (χ0) is 18.5. The Morgan fingerprint density at radius 1 is 1.04 bits per heavy atom. The van der Waals surface area contributed by atoms with Crippen molar-refractivity contribution in [2.75, 3.05) is 13.1 Å². The summed E-state index contributed by atoms with van der Waals surface area (Å²) in [6.45, 7) is 3.42. The summed E-state index contributed by atoms with van der Waals surface area (Å²) in [6, 6.07) is 14.5. The molecule has 4 heteroatoms. The van der Waals surface area contributed by atoms with Crippen LogP contribution in [0, 0.1) is 0 Å². The minimum atomic E-state index is -0.0279. The Balaban J connectivity index is 1.60. The molecule has 0 saturated carbocycles. The van der Waals surface area contributed by atoms with E-state index in [0.717, 1.165) is 24.8 Å². The van der Waals surface area contributed by atoms with Gasteiger partial charge >= 0.3 is 0 Å². The van der Waals surface area contributed by atoms with Gasteiger partial charge in [0.2, 0.25) is 0 Å². The monoisotopic (exact) mass is 351 g/mol. The molecule has 3 rings (SSSR count). The second-order valence-electron chi connectivity index (χ2n) is 6.91. The highest BCUT2D eigenvalue weighted by atomic mass is 16.3. The fourth-order valence-corrected chi connectivity index (χ4v) is 3.55. The summed E-state index contributed by atoms with van der Waals surface area (Å²) in [6.07, 6.45) is 3.28. The molecule has 1 fully saturated rings. The number of phenols is 1. The topological polar surface area (TPSA) is 57.6 Å². The quantitative estimate of drug-likeness (QED) is 0.813. The highest BCUT2D eigenvalue weighted by molar-refractivity contribution is 5.96. The summed E-state index contributed by atoms with van der Waals surface area (Å²) in [5, 5.41) is 9.55. The number of likely N-dealkylation sites (tertiary alicyclic amines) is 1. The molecule has 1 heterocycles. The molecule has 136 valence electrons. The standard InChI is InChI=1S/C22H25NO3/c1-2-4-21(25)18-9-7-16(8-10-18)17-11-13-23(14-12-17)22(26)19-5-3-6-20(24)15-19/h3,5-10,15,17,24H,2,4,11-14H2,1H3. The van der Waals surface area contributed by atoms with Crippen molar-refractivity contribution < 1.29 is 14.7 Å². The predicted molar refractivity (Wildman–Crippen MR) is 102 cm³/mol. The maximum atomic E-state index is 12.6. The van der Waals surface area contributed by atoms with Crippen LogP contribution in [0.25, 0.3) is 0 Å². The largest absolute Gasteiger partial charge is 0.508 e. The maximum Gasteiger partial charge on any atom is 0.253 e. The van der Waals surface area contributed by atoms with Crippen LogP contribution < -0.4 is 0 Å². The minimum absolute atomic E-state index is 0.0279. The smallest absolute Gasteiger partial charge is 0.253 e.